The van der Waals surface area contributed by atoms with Gasteiger partial charge in [0.25, 0.3) is 0 Å². The number of aliphatic carboxylic acids is 1. The fourth-order valence-corrected chi connectivity index (χ4v) is 3.51. The predicted octanol–water partition coefficient (Wildman–Crippen LogP) is 2.38. The fourth-order valence-electron chi connectivity index (χ4n) is 2.06. The third-order valence-corrected chi connectivity index (χ3v) is 4.86. The SMILES string of the molecule is O=C(O)C1CCC(=O)N(CCc2cc(Br)cs2)C1. The van der Waals surface area contributed by atoms with E-state index in [1.165, 1.54) is 4.88 Å². The highest BCUT2D eigenvalue weighted by Crippen LogP contribution is 2.22. The van der Waals surface area contributed by atoms with Gasteiger partial charge in [-0.3, -0.25) is 9.59 Å². The Balaban J connectivity index is 1.90. The molecule has 1 aromatic rings. The number of carbonyl (C=O) groups excluding carboxylic acids is 1. The Morgan fingerprint density at radius 3 is 3.00 bits per heavy atom. The monoisotopic (exact) mass is 331 g/mol. The molecule has 0 saturated carbocycles. The van der Waals surface area contributed by atoms with Gasteiger partial charge in [0.05, 0.1) is 5.92 Å². The number of nitrogens with zero attached hydrogens (tertiary/aromatic N) is 1. The van der Waals surface area contributed by atoms with Gasteiger partial charge in [0.15, 0.2) is 0 Å². The molecule has 1 aromatic heterocycles. The third-order valence-electron chi connectivity index (χ3n) is 3.10. The van der Waals surface area contributed by atoms with Gasteiger partial charge in [-0.2, -0.15) is 0 Å². The summed E-state index contributed by atoms with van der Waals surface area (Å²) >= 11 is 5.04. The second-order valence-corrected chi connectivity index (χ2v) is 6.31. The van der Waals surface area contributed by atoms with E-state index in [-0.39, 0.29) is 5.91 Å². The van der Waals surface area contributed by atoms with Gasteiger partial charge >= 0.3 is 5.97 Å². The first-order valence-corrected chi connectivity index (χ1v) is 7.47. The first-order chi connectivity index (χ1) is 8.56. The van der Waals surface area contributed by atoms with Crippen LogP contribution in [0.3, 0.4) is 0 Å². The van der Waals surface area contributed by atoms with E-state index in [1.54, 1.807) is 16.2 Å². The van der Waals surface area contributed by atoms with Crippen LogP contribution in [0, 0.1) is 5.92 Å². The molecule has 1 atom stereocenters. The number of hydrogen-bond donors (Lipinski definition) is 1. The van der Waals surface area contributed by atoms with Crippen molar-refractivity contribution in [1.82, 2.24) is 4.90 Å². The minimum Gasteiger partial charge on any atom is -0.481 e. The third kappa shape index (κ3) is 3.32. The van der Waals surface area contributed by atoms with Gasteiger partial charge in [-0.15, -0.1) is 11.3 Å². The zero-order valence-electron chi connectivity index (χ0n) is 9.76. The molecule has 0 radical (unpaired) electrons. The van der Waals surface area contributed by atoms with Crippen molar-refractivity contribution in [2.75, 3.05) is 13.1 Å². The molecule has 1 saturated heterocycles. The molecule has 2 rings (SSSR count). The Labute approximate surface area is 118 Å². The second kappa shape index (κ2) is 5.84. The zero-order valence-corrected chi connectivity index (χ0v) is 12.2. The highest BCUT2D eigenvalue weighted by atomic mass is 79.9. The minimum absolute atomic E-state index is 0.0723. The van der Waals surface area contributed by atoms with Gasteiger partial charge in [-0.1, -0.05) is 0 Å². The first-order valence-electron chi connectivity index (χ1n) is 5.80. The minimum atomic E-state index is -0.800. The summed E-state index contributed by atoms with van der Waals surface area (Å²) in [5, 5.41) is 11.0. The van der Waals surface area contributed by atoms with E-state index in [1.807, 2.05) is 11.4 Å². The van der Waals surface area contributed by atoms with Gasteiger partial charge < -0.3 is 10.0 Å². The van der Waals surface area contributed by atoms with Gasteiger partial charge in [0.1, 0.15) is 0 Å². The molecule has 1 aliphatic heterocycles. The lowest BCUT2D eigenvalue weighted by atomic mass is 9.97. The van der Waals surface area contributed by atoms with E-state index in [4.69, 9.17) is 5.11 Å². The van der Waals surface area contributed by atoms with E-state index in [9.17, 15) is 9.59 Å². The van der Waals surface area contributed by atoms with E-state index in [2.05, 4.69) is 15.9 Å². The molecule has 1 amide bonds. The van der Waals surface area contributed by atoms with Crippen LogP contribution in [0.4, 0.5) is 0 Å². The quantitative estimate of drug-likeness (QED) is 0.921. The Morgan fingerprint density at radius 2 is 2.39 bits per heavy atom. The van der Waals surface area contributed by atoms with E-state index < -0.39 is 11.9 Å². The summed E-state index contributed by atoms with van der Waals surface area (Å²) in [5.74, 6) is -1.13. The molecular formula is C12H14BrNO3S. The van der Waals surface area contributed by atoms with Crippen LogP contribution in [0.25, 0.3) is 0 Å². The van der Waals surface area contributed by atoms with Crippen LogP contribution >= 0.6 is 27.3 Å². The molecule has 1 aliphatic rings. The molecule has 98 valence electrons. The number of piperidine rings is 1. The highest BCUT2D eigenvalue weighted by Gasteiger charge is 2.29. The maximum absolute atomic E-state index is 11.7. The van der Waals surface area contributed by atoms with Crippen molar-refractivity contribution in [3.8, 4) is 0 Å². The Morgan fingerprint density at radius 1 is 1.61 bits per heavy atom. The van der Waals surface area contributed by atoms with Crippen molar-refractivity contribution in [1.29, 1.82) is 0 Å². The van der Waals surface area contributed by atoms with E-state index >= 15 is 0 Å². The molecule has 1 N–H and O–H groups in total. The molecule has 1 fully saturated rings. The number of likely N-dealkylation sites (tertiary alicyclic amines) is 1. The lowest BCUT2D eigenvalue weighted by molar-refractivity contribution is -0.147. The maximum atomic E-state index is 11.7. The van der Waals surface area contributed by atoms with Gasteiger partial charge in [0, 0.05) is 34.2 Å². The maximum Gasteiger partial charge on any atom is 0.308 e. The Hall–Kier alpha value is -0.880. The van der Waals surface area contributed by atoms with E-state index in [0.717, 1.165) is 10.9 Å². The number of halogens is 1. The average Bonchev–Trinajstić information content (AvgIpc) is 2.74. The van der Waals surface area contributed by atoms with E-state index in [0.29, 0.717) is 25.9 Å². The van der Waals surface area contributed by atoms with Crippen LogP contribution in [0.2, 0.25) is 0 Å². The number of thiophene rings is 1. The molecule has 0 bridgehead atoms. The molecule has 0 aromatic carbocycles. The normalized spacial score (nSPS) is 20.2. The summed E-state index contributed by atoms with van der Waals surface area (Å²) in [6.07, 6.45) is 1.61. The number of rotatable bonds is 4. The van der Waals surface area contributed by atoms with Gasteiger partial charge in [-0.05, 0) is 34.8 Å². The predicted molar refractivity (Wildman–Crippen MR) is 72.7 cm³/mol. The number of carboxylic acids is 1. The standard InChI is InChI=1S/C12H14BrNO3S/c13-9-5-10(18-7-9)3-4-14-6-8(12(16)17)1-2-11(14)15/h5,7-8H,1-4,6H2,(H,16,17). The lowest BCUT2D eigenvalue weighted by Crippen LogP contribution is -2.43. The van der Waals surface area contributed by atoms with Crippen LogP contribution < -0.4 is 0 Å². The van der Waals surface area contributed by atoms with Crippen LogP contribution in [0.1, 0.15) is 17.7 Å². The molecule has 4 nitrogen and oxygen atoms in total. The number of carboxylic acid groups (broad SMARTS) is 1. The Kier molecular flexibility index (Phi) is 4.40. The van der Waals surface area contributed by atoms with Crippen molar-refractivity contribution in [2.45, 2.75) is 19.3 Å². The molecule has 18 heavy (non-hydrogen) atoms. The second-order valence-electron chi connectivity index (χ2n) is 4.39. The highest BCUT2D eigenvalue weighted by molar-refractivity contribution is 9.10. The van der Waals surface area contributed by atoms with Crippen molar-refractivity contribution in [3.63, 3.8) is 0 Å². The van der Waals surface area contributed by atoms with Crippen LogP contribution in [-0.2, 0) is 16.0 Å². The number of amides is 1. The van der Waals surface area contributed by atoms with Gasteiger partial charge in [0.2, 0.25) is 5.91 Å². The smallest absolute Gasteiger partial charge is 0.308 e. The summed E-state index contributed by atoms with van der Waals surface area (Å²) in [7, 11) is 0. The molecule has 2 heterocycles. The van der Waals surface area contributed by atoms with Crippen molar-refractivity contribution >= 4 is 39.1 Å². The Bertz CT molecular complexity index is 460. The number of carbonyl (C=O) groups is 2. The summed E-state index contributed by atoms with van der Waals surface area (Å²) in [4.78, 5) is 25.5. The largest absolute Gasteiger partial charge is 0.481 e. The molecule has 0 spiro atoms. The fraction of sp³-hybridized carbons (Fsp3) is 0.500. The van der Waals surface area contributed by atoms with Crippen LogP contribution in [0.5, 0.6) is 0 Å². The van der Waals surface area contributed by atoms with Gasteiger partial charge in [-0.25, -0.2) is 0 Å². The summed E-state index contributed by atoms with van der Waals surface area (Å²) in [6.45, 7) is 0.955. The van der Waals surface area contributed by atoms with Crippen molar-refractivity contribution in [3.05, 3.63) is 20.8 Å². The lowest BCUT2D eigenvalue weighted by Gasteiger charge is -2.30. The average molecular weight is 332 g/mol. The topological polar surface area (TPSA) is 57.6 Å². The summed E-state index contributed by atoms with van der Waals surface area (Å²) in [5.41, 5.74) is 0. The summed E-state index contributed by atoms with van der Waals surface area (Å²) in [6, 6.07) is 2.04. The van der Waals surface area contributed by atoms with Crippen molar-refractivity contribution < 1.29 is 14.7 Å². The molecule has 1 unspecified atom stereocenters. The molecule has 0 aliphatic carbocycles. The number of hydrogen-bond acceptors (Lipinski definition) is 3. The summed E-state index contributed by atoms with van der Waals surface area (Å²) < 4.78 is 1.05. The zero-order chi connectivity index (χ0) is 13.1. The molecular weight excluding hydrogens is 318 g/mol. The van der Waals surface area contributed by atoms with Crippen molar-refractivity contribution in [2.24, 2.45) is 5.92 Å². The van der Waals surface area contributed by atoms with Crippen LogP contribution in [0.15, 0.2) is 15.9 Å². The first kappa shape index (κ1) is 13.5. The molecule has 6 heteroatoms. The van der Waals surface area contributed by atoms with Crippen LogP contribution in [-0.4, -0.2) is 35.0 Å².